The van der Waals surface area contributed by atoms with Crippen molar-refractivity contribution in [1.82, 2.24) is 10.3 Å². The molecule has 0 aliphatic heterocycles. The average molecular weight is 322 g/mol. The molecule has 0 aliphatic carbocycles. The topological polar surface area (TPSA) is 52.6 Å². The first-order chi connectivity index (χ1) is 10.6. The van der Waals surface area contributed by atoms with Crippen LogP contribution in [-0.2, 0) is 13.2 Å². The molecule has 0 bridgehead atoms. The maximum absolute atomic E-state index is 5.85. The van der Waals surface area contributed by atoms with Crippen LogP contribution in [0.5, 0.6) is 17.2 Å². The normalized spacial score (nSPS) is 10.8. The Hall–Kier alpha value is -1.79. The number of nitrogens with one attached hydrogen (secondary N) is 1. The van der Waals surface area contributed by atoms with Gasteiger partial charge >= 0.3 is 0 Å². The van der Waals surface area contributed by atoms with E-state index in [0.29, 0.717) is 29.9 Å². The third-order valence-corrected chi connectivity index (χ3v) is 3.88. The van der Waals surface area contributed by atoms with Crippen LogP contribution in [0.3, 0.4) is 0 Å². The van der Waals surface area contributed by atoms with Gasteiger partial charge in [0, 0.05) is 18.0 Å². The monoisotopic (exact) mass is 322 g/mol. The van der Waals surface area contributed by atoms with Crippen LogP contribution < -0.4 is 19.5 Å². The van der Waals surface area contributed by atoms with Gasteiger partial charge in [0.1, 0.15) is 11.6 Å². The summed E-state index contributed by atoms with van der Waals surface area (Å²) < 4.78 is 16.5. The summed E-state index contributed by atoms with van der Waals surface area (Å²) in [6.07, 6.45) is 0. The number of methoxy groups -OCH3 is 2. The highest BCUT2D eigenvalue weighted by Gasteiger charge is 2.12. The average Bonchev–Trinajstić information content (AvgIpc) is 2.98. The Morgan fingerprint density at radius 1 is 1.18 bits per heavy atom. The molecule has 1 aromatic heterocycles. The molecule has 0 fully saturated rings. The molecule has 0 radical (unpaired) electrons. The lowest BCUT2D eigenvalue weighted by atomic mass is 10.3. The highest BCUT2D eigenvalue weighted by molar-refractivity contribution is 7.09. The zero-order chi connectivity index (χ0) is 15.9. The molecule has 6 heteroatoms. The van der Waals surface area contributed by atoms with E-state index in [4.69, 9.17) is 14.2 Å². The molecule has 2 aromatic rings. The number of rotatable bonds is 8. The largest absolute Gasteiger partial charge is 0.493 e. The third-order valence-electron chi connectivity index (χ3n) is 3.01. The fraction of sp³-hybridized carbons (Fsp3) is 0.438. The number of thiazole rings is 1. The van der Waals surface area contributed by atoms with Crippen LogP contribution >= 0.6 is 11.3 Å². The summed E-state index contributed by atoms with van der Waals surface area (Å²) in [7, 11) is 3.22. The summed E-state index contributed by atoms with van der Waals surface area (Å²) in [6, 6.07) is 6.00. The second-order valence-electron chi connectivity index (χ2n) is 5.05. The molecule has 0 amide bonds. The molecule has 5 nitrogen and oxygen atoms in total. The Labute approximate surface area is 135 Å². The molecule has 0 atom stereocenters. The maximum atomic E-state index is 5.85. The van der Waals surface area contributed by atoms with E-state index in [1.165, 1.54) is 0 Å². The molecule has 0 aliphatic rings. The molecule has 0 unspecified atom stereocenters. The van der Waals surface area contributed by atoms with E-state index in [-0.39, 0.29) is 0 Å². The first-order valence-electron chi connectivity index (χ1n) is 7.14. The standard InChI is InChI=1S/C16H22N2O3S/c1-11(2)17-8-12-10-22-15(18-12)9-21-16-13(19-3)6-5-7-14(16)20-4/h5-7,10-11,17H,8-9H2,1-4H3. The number of ether oxygens (including phenoxy) is 3. The first-order valence-corrected chi connectivity index (χ1v) is 8.02. The van der Waals surface area contributed by atoms with Crippen LogP contribution in [0.25, 0.3) is 0 Å². The number of nitrogens with zero attached hydrogens (tertiary/aromatic N) is 1. The van der Waals surface area contributed by atoms with Crippen molar-refractivity contribution in [3.63, 3.8) is 0 Å². The minimum Gasteiger partial charge on any atom is -0.493 e. The van der Waals surface area contributed by atoms with E-state index >= 15 is 0 Å². The van der Waals surface area contributed by atoms with Gasteiger partial charge in [-0.05, 0) is 12.1 Å². The zero-order valence-corrected chi connectivity index (χ0v) is 14.2. The Morgan fingerprint density at radius 3 is 2.45 bits per heavy atom. The maximum Gasteiger partial charge on any atom is 0.203 e. The van der Waals surface area contributed by atoms with Crippen LogP contribution in [0.2, 0.25) is 0 Å². The van der Waals surface area contributed by atoms with Crippen molar-refractivity contribution in [2.75, 3.05) is 14.2 Å². The molecular formula is C16H22N2O3S. The summed E-state index contributed by atoms with van der Waals surface area (Å²) in [5.74, 6) is 1.90. The first kappa shape index (κ1) is 16.6. The molecule has 1 N–H and O–H groups in total. The Balaban J connectivity index is 2.01. The van der Waals surface area contributed by atoms with Crippen molar-refractivity contribution in [2.24, 2.45) is 0 Å². The van der Waals surface area contributed by atoms with Gasteiger partial charge in [0.15, 0.2) is 11.5 Å². The van der Waals surface area contributed by atoms with Crippen LogP contribution in [0.15, 0.2) is 23.6 Å². The van der Waals surface area contributed by atoms with Gasteiger partial charge in [0.2, 0.25) is 5.75 Å². The SMILES string of the molecule is COc1cccc(OC)c1OCc1nc(CNC(C)C)cs1. The Kier molecular flexibility index (Phi) is 6.03. The lowest BCUT2D eigenvalue weighted by Crippen LogP contribution is -2.21. The number of aromatic nitrogens is 1. The lowest BCUT2D eigenvalue weighted by molar-refractivity contribution is 0.265. The second kappa shape index (κ2) is 8.00. The molecule has 120 valence electrons. The van der Waals surface area contributed by atoms with Crippen LogP contribution in [0.1, 0.15) is 24.5 Å². The molecule has 2 rings (SSSR count). The van der Waals surface area contributed by atoms with E-state index in [1.54, 1.807) is 25.6 Å². The second-order valence-corrected chi connectivity index (χ2v) is 5.99. The molecule has 22 heavy (non-hydrogen) atoms. The van der Waals surface area contributed by atoms with Gasteiger partial charge < -0.3 is 19.5 Å². The number of benzene rings is 1. The minimum absolute atomic E-state index is 0.392. The van der Waals surface area contributed by atoms with E-state index in [1.807, 2.05) is 23.6 Å². The van der Waals surface area contributed by atoms with Gasteiger partial charge in [0.25, 0.3) is 0 Å². The predicted octanol–water partition coefficient (Wildman–Crippen LogP) is 3.24. The summed E-state index contributed by atoms with van der Waals surface area (Å²) in [4.78, 5) is 4.56. The van der Waals surface area contributed by atoms with Gasteiger partial charge in [-0.3, -0.25) is 0 Å². The Morgan fingerprint density at radius 2 is 1.86 bits per heavy atom. The third kappa shape index (κ3) is 4.35. The molecule has 1 heterocycles. The number of hydrogen-bond donors (Lipinski definition) is 1. The van der Waals surface area contributed by atoms with Crippen LogP contribution in [0.4, 0.5) is 0 Å². The summed E-state index contributed by atoms with van der Waals surface area (Å²) in [6.45, 7) is 5.39. The van der Waals surface area contributed by atoms with Crippen molar-refractivity contribution >= 4 is 11.3 Å². The molecule has 0 saturated heterocycles. The number of para-hydroxylation sites is 1. The summed E-state index contributed by atoms with van der Waals surface area (Å²) in [5, 5.41) is 6.32. The minimum atomic E-state index is 0.392. The lowest BCUT2D eigenvalue weighted by Gasteiger charge is -2.13. The fourth-order valence-electron chi connectivity index (χ4n) is 1.90. The van der Waals surface area contributed by atoms with Gasteiger partial charge in [-0.1, -0.05) is 19.9 Å². The molecule has 0 saturated carbocycles. The van der Waals surface area contributed by atoms with E-state index in [9.17, 15) is 0 Å². The predicted molar refractivity (Wildman–Crippen MR) is 88.0 cm³/mol. The van der Waals surface area contributed by atoms with Gasteiger partial charge in [-0.2, -0.15) is 0 Å². The molecular weight excluding hydrogens is 300 g/mol. The zero-order valence-electron chi connectivity index (χ0n) is 13.4. The van der Waals surface area contributed by atoms with Crippen LogP contribution in [0, 0.1) is 0 Å². The van der Waals surface area contributed by atoms with Crippen molar-refractivity contribution in [2.45, 2.75) is 33.0 Å². The summed E-state index contributed by atoms with van der Waals surface area (Å²) in [5.41, 5.74) is 1.03. The van der Waals surface area contributed by atoms with Crippen LogP contribution in [-0.4, -0.2) is 25.2 Å². The smallest absolute Gasteiger partial charge is 0.203 e. The van der Waals surface area contributed by atoms with E-state index < -0.39 is 0 Å². The Bertz CT molecular complexity index is 577. The van der Waals surface area contributed by atoms with Gasteiger partial charge in [-0.25, -0.2) is 4.98 Å². The van der Waals surface area contributed by atoms with Crippen molar-refractivity contribution < 1.29 is 14.2 Å². The van der Waals surface area contributed by atoms with Crippen molar-refractivity contribution in [3.8, 4) is 17.2 Å². The highest BCUT2D eigenvalue weighted by Crippen LogP contribution is 2.37. The highest BCUT2D eigenvalue weighted by atomic mass is 32.1. The molecule has 1 aromatic carbocycles. The quantitative estimate of drug-likeness (QED) is 0.808. The van der Waals surface area contributed by atoms with Crippen molar-refractivity contribution in [3.05, 3.63) is 34.3 Å². The number of hydrogen-bond acceptors (Lipinski definition) is 6. The van der Waals surface area contributed by atoms with E-state index in [0.717, 1.165) is 17.2 Å². The van der Waals surface area contributed by atoms with E-state index in [2.05, 4.69) is 24.1 Å². The summed E-state index contributed by atoms with van der Waals surface area (Å²) >= 11 is 1.59. The molecule has 0 spiro atoms. The van der Waals surface area contributed by atoms with Crippen molar-refractivity contribution in [1.29, 1.82) is 0 Å². The van der Waals surface area contributed by atoms with Gasteiger partial charge in [0.05, 0.1) is 19.9 Å². The van der Waals surface area contributed by atoms with Gasteiger partial charge in [-0.15, -0.1) is 11.3 Å². The fourth-order valence-corrected chi connectivity index (χ4v) is 2.60.